The Kier molecular flexibility index (Phi) is 4.66. The lowest BCUT2D eigenvalue weighted by Gasteiger charge is -2.09. The van der Waals surface area contributed by atoms with Crippen molar-refractivity contribution in [1.82, 2.24) is 5.32 Å². The van der Waals surface area contributed by atoms with Gasteiger partial charge in [-0.1, -0.05) is 18.6 Å². The summed E-state index contributed by atoms with van der Waals surface area (Å²) in [6, 6.07) is -0.340. The summed E-state index contributed by atoms with van der Waals surface area (Å²) in [5.41, 5.74) is 7.07. The van der Waals surface area contributed by atoms with Gasteiger partial charge in [0.1, 0.15) is 0 Å². The second kappa shape index (κ2) is 5.81. The Balaban J connectivity index is 2.11. The third-order valence-corrected chi connectivity index (χ3v) is 2.66. The molecule has 0 aliphatic heterocycles. The molecule has 1 aliphatic rings. The van der Waals surface area contributed by atoms with E-state index in [2.05, 4.69) is 11.4 Å². The number of rotatable bonds is 5. The van der Waals surface area contributed by atoms with Gasteiger partial charge in [0.15, 0.2) is 0 Å². The van der Waals surface area contributed by atoms with Crippen LogP contribution in [0.25, 0.3) is 0 Å². The number of carbonyl (C=O) groups excluding carboxylic acids is 1. The first-order chi connectivity index (χ1) is 6.74. The Hall–Kier alpha value is -0.830. The molecule has 0 heterocycles. The fraction of sp³-hybridized carbons (Fsp3) is 0.727. The number of hydrogen-bond donors (Lipinski definition) is 2. The van der Waals surface area contributed by atoms with Crippen LogP contribution in [-0.2, 0) is 4.79 Å². The number of carbonyl (C=O) groups is 1. The topological polar surface area (TPSA) is 55.1 Å². The normalized spacial score (nSPS) is 17.7. The van der Waals surface area contributed by atoms with E-state index in [-0.39, 0.29) is 11.9 Å². The van der Waals surface area contributed by atoms with Crippen LogP contribution in [0.1, 0.15) is 39.0 Å². The van der Waals surface area contributed by atoms with E-state index in [0.717, 1.165) is 13.0 Å². The van der Waals surface area contributed by atoms with Gasteiger partial charge in [-0.15, -0.1) is 0 Å². The van der Waals surface area contributed by atoms with Crippen LogP contribution in [0.3, 0.4) is 0 Å². The monoisotopic (exact) mass is 196 g/mol. The van der Waals surface area contributed by atoms with Crippen LogP contribution in [0.4, 0.5) is 0 Å². The molecule has 1 atom stereocenters. The molecule has 0 spiro atoms. The van der Waals surface area contributed by atoms with Gasteiger partial charge in [0.05, 0.1) is 6.04 Å². The smallest absolute Gasteiger partial charge is 0.236 e. The molecule has 1 unspecified atom stereocenters. The minimum absolute atomic E-state index is 0.0221. The summed E-state index contributed by atoms with van der Waals surface area (Å²) in [7, 11) is 0. The third kappa shape index (κ3) is 3.50. The second-order valence-electron chi connectivity index (χ2n) is 3.81. The highest BCUT2D eigenvalue weighted by molar-refractivity contribution is 5.81. The predicted octanol–water partition coefficient (Wildman–Crippen LogP) is 1.34. The summed E-state index contributed by atoms with van der Waals surface area (Å²) in [4.78, 5) is 11.3. The molecule has 1 amide bonds. The van der Waals surface area contributed by atoms with Crippen molar-refractivity contribution in [3.05, 3.63) is 11.6 Å². The standard InChI is InChI=1S/C11H20N2O/c1-2-10(12)11(14)13-8-7-9-5-3-4-6-9/h5,10H,2-4,6-8,12H2,1H3,(H,13,14). The van der Waals surface area contributed by atoms with Crippen molar-refractivity contribution in [2.75, 3.05) is 6.54 Å². The van der Waals surface area contributed by atoms with E-state index in [9.17, 15) is 4.79 Å². The predicted molar refractivity (Wildman–Crippen MR) is 57.8 cm³/mol. The van der Waals surface area contributed by atoms with E-state index in [1.807, 2.05) is 6.92 Å². The van der Waals surface area contributed by atoms with Gasteiger partial charge in [0.2, 0.25) is 5.91 Å². The maximum atomic E-state index is 11.3. The first-order valence-electron chi connectivity index (χ1n) is 5.45. The molecule has 3 N–H and O–H groups in total. The maximum Gasteiger partial charge on any atom is 0.236 e. The van der Waals surface area contributed by atoms with Crippen LogP contribution < -0.4 is 11.1 Å². The number of amides is 1. The van der Waals surface area contributed by atoms with Crippen LogP contribution in [0.15, 0.2) is 11.6 Å². The van der Waals surface area contributed by atoms with Crippen LogP contribution in [-0.4, -0.2) is 18.5 Å². The van der Waals surface area contributed by atoms with E-state index < -0.39 is 0 Å². The fourth-order valence-electron chi connectivity index (χ4n) is 1.63. The lowest BCUT2D eigenvalue weighted by molar-refractivity contribution is -0.122. The van der Waals surface area contributed by atoms with Crippen molar-refractivity contribution in [3.8, 4) is 0 Å². The van der Waals surface area contributed by atoms with Gasteiger partial charge in [-0.05, 0) is 32.1 Å². The summed E-state index contributed by atoms with van der Waals surface area (Å²) in [6.07, 6.45) is 7.66. The van der Waals surface area contributed by atoms with Crippen molar-refractivity contribution in [2.24, 2.45) is 5.73 Å². The summed E-state index contributed by atoms with van der Waals surface area (Å²) < 4.78 is 0. The average molecular weight is 196 g/mol. The molecule has 0 aromatic rings. The summed E-state index contributed by atoms with van der Waals surface area (Å²) >= 11 is 0. The molecule has 0 bridgehead atoms. The van der Waals surface area contributed by atoms with Crippen molar-refractivity contribution < 1.29 is 4.79 Å². The summed E-state index contributed by atoms with van der Waals surface area (Å²) in [5.74, 6) is -0.0221. The minimum Gasteiger partial charge on any atom is -0.354 e. The number of nitrogens with one attached hydrogen (secondary N) is 1. The van der Waals surface area contributed by atoms with E-state index in [1.54, 1.807) is 0 Å². The first-order valence-corrected chi connectivity index (χ1v) is 5.45. The molecular weight excluding hydrogens is 176 g/mol. The van der Waals surface area contributed by atoms with Gasteiger partial charge >= 0.3 is 0 Å². The Bertz CT molecular complexity index is 223. The molecule has 0 radical (unpaired) electrons. The molecule has 0 aromatic carbocycles. The largest absolute Gasteiger partial charge is 0.354 e. The molecule has 3 heteroatoms. The Morgan fingerprint density at radius 1 is 1.71 bits per heavy atom. The summed E-state index contributed by atoms with van der Waals surface area (Å²) in [6.45, 7) is 2.65. The molecule has 1 aliphatic carbocycles. The molecule has 14 heavy (non-hydrogen) atoms. The molecule has 3 nitrogen and oxygen atoms in total. The zero-order valence-electron chi connectivity index (χ0n) is 8.88. The van der Waals surface area contributed by atoms with Gasteiger partial charge in [-0.2, -0.15) is 0 Å². The fourth-order valence-corrected chi connectivity index (χ4v) is 1.63. The van der Waals surface area contributed by atoms with Crippen LogP contribution >= 0.6 is 0 Å². The lowest BCUT2D eigenvalue weighted by Crippen LogP contribution is -2.40. The van der Waals surface area contributed by atoms with Crippen LogP contribution in [0, 0.1) is 0 Å². The Labute approximate surface area is 85.7 Å². The Morgan fingerprint density at radius 2 is 2.50 bits per heavy atom. The average Bonchev–Trinajstić information content (AvgIpc) is 2.69. The van der Waals surface area contributed by atoms with Crippen LogP contribution in [0.2, 0.25) is 0 Å². The maximum absolute atomic E-state index is 11.3. The minimum atomic E-state index is -0.340. The van der Waals surface area contributed by atoms with Crippen molar-refractivity contribution in [2.45, 2.75) is 45.1 Å². The SMILES string of the molecule is CCC(N)C(=O)NCCC1=CCCC1. The zero-order valence-corrected chi connectivity index (χ0v) is 8.88. The van der Waals surface area contributed by atoms with Crippen molar-refractivity contribution >= 4 is 5.91 Å². The second-order valence-corrected chi connectivity index (χ2v) is 3.81. The van der Waals surface area contributed by atoms with Crippen molar-refractivity contribution in [1.29, 1.82) is 0 Å². The van der Waals surface area contributed by atoms with Gasteiger partial charge in [-0.25, -0.2) is 0 Å². The van der Waals surface area contributed by atoms with E-state index >= 15 is 0 Å². The number of hydrogen-bond acceptors (Lipinski definition) is 2. The third-order valence-electron chi connectivity index (χ3n) is 2.66. The van der Waals surface area contributed by atoms with E-state index in [4.69, 9.17) is 5.73 Å². The highest BCUT2D eigenvalue weighted by Gasteiger charge is 2.10. The molecular formula is C11H20N2O. The molecule has 1 rings (SSSR count). The lowest BCUT2D eigenvalue weighted by atomic mass is 10.1. The van der Waals surface area contributed by atoms with Gasteiger partial charge in [0.25, 0.3) is 0 Å². The van der Waals surface area contributed by atoms with Gasteiger partial charge in [0, 0.05) is 6.54 Å². The molecule has 0 saturated heterocycles. The van der Waals surface area contributed by atoms with E-state index in [1.165, 1.54) is 24.8 Å². The number of nitrogens with two attached hydrogens (primary N) is 1. The molecule has 0 aromatic heterocycles. The van der Waals surface area contributed by atoms with Gasteiger partial charge in [-0.3, -0.25) is 4.79 Å². The zero-order chi connectivity index (χ0) is 10.4. The highest BCUT2D eigenvalue weighted by Crippen LogP contribution is 2.19. The number of allylic oxidation sites excluding steroid dienone is 1. The van der Waals surface area contributed by atoms with Gasteiger partial charge < -0.3 is 11.1 Å². The summed E-state index contributed by atoms with van der Waals surface area (Å²) in [5, 5.41) is 2.86. The molecule has 0 saturated carbocycles. The Morgan fingerprint density at radius 3 is 3.07 bits per heavy atom. The highest BCUT2D eigenvalue weighted by atomic mass is 16.2. The van der Waals surface area contributed by atoms with Crippen molar-refractivity contribution in [3.63, 3.8) is 0 Å². The van der Waals surface area contributed by atoms with Crippen LogP contribution in [0.5, 0.6) is 0 Å². The quantitative estimate of drug-likeness (QED) is 0.652. The molecule has 80 valence electrons. The van der Waals surface area contributed by atoms with E-state index in [0.29, 0.717) is 6.42 Å². The first kappa shape index (κ1) is 11.2. The molecule has 0 fully saturated rings.